The van der Waals surface area contributed by atoms with Crippen molar-refractivity contribution in [3.63, 3.8) is 0 Å². The van der Waals surface area contributed by atoms with Crippen molar-refractivity contribution < 1.29 is 4.79 Å². The maximum atomic E-state index is 11.3. The van der Waals surface area contributed by atoms with Crippen molar-refractivity contribution in [2.24, 2.45) is 5.73 Å². The van der Waals surface area contributed by atoms with Gasteiger partial charge in [-0.3, -0.25) is 4.79 Å². The van der Waals surface area contributed by atoms with Crippen LogP contribution in [0.4, 0.5) is 0 Å². The Kier molecular flexibility index (Phi) is 6.42. The van der Waals surface area contributed by atoms with Gasteiger partial charge in [0.1, 0.15) is 0 Å². The molecule has 4 nitrogen and oxygen atoms in total. The summed E-state index contributed by atoms with van der Waals surface area (Å²) >= 11 is 0. The SMILES string of the molecule is CCCNC(=O)CCNC1CCC(N)CC1. The minimum Gasteiger partial charge on any atom is -0.356 e. The van der Waals surface area contributed by atoms with Crippen LogP contribution in [0.15, 0.2) is 0 Å². The zero-order valence-electron chi connectivity index (χ0n) is 10.3. The Balaban J connectivity index is 2.00. The van der Waals surface area contributed by atoms with Crippen LogP contribution in [-0.4, -0.2) is 31.1 Å². The van der Waals surface area contributed by atoms with E-state index >= 15 is 0 Å². The van der Waals surface area contributed by atoms with Crippen LogP contribution in [0.5, 0.6) is 0 Å². The van der Waals surface area contributed by atoms with Crippen LogP contribution in [0.3, 0.4) is 0 Å². The Bertz CT molecular complexity index is 200. The normalized spacial score (nSPS) is 25.4. The molecule has 16 heavy (non-hydrogen) atoms. The summed E-state index contributed by atoms with van der Waals surface area (Å²) in [6.07, 6.45) is 6.11. The van der Waals surface area contributed by atoms with Gasteiger partial charge in [0.2, 0.25) is 5.91 Å². The van der Waals surface area contributed by atoms with Crippen LogP contribution in [0.1, 0.15) is 45.4 Å². The standard InChI is InChI=1S/C12H25N3O/c1-2-8-15-12(16)7-9-14-11-5-3-10(13)4-6-11/h10-11,14H,2-9,13H2,1H3,(H,15,16). The zero-order chi connectivity index (χ0) is 11.8. The van der Waals surface area contributed by atoms with E-state index in [1.165, 1.54) is 0 Å². The Morgan fingerprint density at radius 1 is 1.25 bits per heavy atom. The van der Waals surface area contributed by atoms with Crippen molar-refractivity contribution in [3.8, 4) is 0 Å². The minimum atomic E-state index is 0.155. The molecule has 1 amide bonds. The van der Waals surface area contributed by atoms with Crippen LogP contribution < -0.4 is 16.4 Å². The minimum absolute atomic E-state index is 0.155. The van der Waals surface area contributed by atoms with Crippen LogP contribution in [-0.2, 0) is 4.79 Å². The van der Waals surface area contributed by atoms with Gasteiger partial charge in [0.15, 0.2) is 0 Å². The van der Waals surface area contributed by atoms with E-state index in [4.69, 9.17) is 5.73 Å². The van der Waals surface area contributed by atoms with Crippen molar-refractivity contribution in [1.29, 1.82) is 0 Å². The lowest BCUT2D eigenvalue weighted by atomic mass is 9.92. The molecule has 0 bridgehead atoms. The molecule has 0 spiro atoms. The highest BCUT2D eigenvalue weighted by Gasteiger charge is 2.17. The summed E-state index contributed by atoms with van der Waals surface area (Å²) in [5.74, 6) is 0.155. The first kappa shape index (κ1) is 13.5. The summed E-state index contributed by atoms with van der Waals surface area (Å²) in [6.45, 7) is 3.64. The summed E-state index contributed by atoms with van der Waals surface area (Å²) in [5, 5.41) is 6.31. The number of rotatable bonds is 6. The largest absolute Gasteiger partial charge is 0.356 e. The van der Waals surface area contributed by atoms with Gasteiger partial charge < -0.3 is 16.4 Å². The highest BCUT2D eigenvalue weighted by atomic mass is 16.1. The van der Waals surface area contributed by atoms with Gasteiger partial charge in [-0.05, 0) is 32.1 Å². The molecule has 1 aliphatic rings. The summed E-state index contributed by atoms with van der Waals surface area (Å²) in [5.41, 5.74) is 5.84. The number of carbonyl (C=O) groups excluding carboxylic acids is 1. The number of nitrogens with one attached hydrogen (secondary N) is 2. The third kappa shape index (κ3) is 5.47. The van der Waals surface area contributed by atoms with Gasteiger partial charge in [0.25, 0.3) is 0 Å². The molecule has 0 saturated heterocycles. The maximum Gasteiger partial charge on any atom is 0.221 e. The highest BCUT2D eigenvalue weighted by molar-refractivity contribution is 5.75. The monoisotopic (exact) mass is 227 g/mol. The molecule has 4 N–H and O–H groups in total. The van der Waals surface area contributed by atoms with E-state index in [2.05, 4.69) is 17.6 Å². The Morgan fingerprint density at radius 2 is 1.94 bits per heavy atom. The van der Waals surface area contributed by atoms with Gasteiger partial charge in [-0.2, -0.15) is 0 Å². The second-order valence-corrected chi connectivity index (χ2v) is 4.67. The van der Waals surface area contributed by atoms with E-state index in [0.717, 1.165) is 45.2 Å². The summed E-state index contributed by atoms with van der Waals surface area (Å²) in [4.78, 5) is 11.3. The first-order chi connectivity index (χ1) is 7.72. The van der Waals surface area contributed by atoms with Crippen molar-refractivity contribution in [2.75, 3.05) is 13.1 Å². The zero-order valence-corrected chi connectivity index (χ0v) is 10.3. The Hall–Kier alpha value is -0.610. The number of hydrogen-bond donors (Lipinski definition) is 3. The van der Waals surface area contributed by atoms with E-state index in [0.29, 0.717) is 18.5 Å². The van der Waals surface area contributed by atoms with Crippen LogP contribution in [0.2, 0.25) is 0 Å². The molecule has 0 aromatic rings. The van der Waals surface area contributed by atoms with E-state index in [1.54, 1.807) is 0 Å². The molecular formula is C12H25N3O. The van der Waals surface area contributed by atoms with Crippen LogP contribution >= 0.6 is 0 Å². The van der Waals surface area contributed by atoms with Crippen molar-refractivity contribution in [3.05, 3.63) is 0 Å². The molecule has 4 heteroatoms. The lowest BCUT2D eigenvalue weighted by Crippen LogP contribution is -2.39. The van der Waals surface area contributed by atoms with Crippen molar-refractivity contribution in [1.82, 2.24) is 10.6 Å². The Morgan fingerprint density at radius 3 is 2.56 bits per heavy atom. The molecule has 1 saturated carbocycles. The summed E-state index contributed by atoms with van der Waals surface area (Å²) in [7, 11) is 0. The van der Waals surface area contributed by atoms with Gasteiger partial charge in [0, 0.05) is 31.6 Å². The predicted octanol–water partition coefficient (Wildman–Crippen LogP) is 0.762. The molecule has 0 heterocycles. The van der Waals surface area contributed by atoms with E-state index in [-0.39, 0.29) is 5.91 Å². The number of hydrogen-bond acceptors (Lipinski definition) is 3. The number of nitrogens with two attached hydrogens (primary N) is 1. The summed E-state index contributed by atoms with van der Waals surface area (Å²) in [6, 6.07) is 0.963. The van der Waals surface area contributed by atoms with Gasteiger partial charge in [-0.25, -0.2) is 0 Å². The third-order valence-electron chi connectivity index (χ3n) is 3.13. The topological polar surface area (TPSA) is 67.2 Å². The van der Waals surface area contributed by atoms with Crippen LogP contribution in [0, 0.1) is 0 Å². The number of amides is 1. The molecule has 0 aliphatic heterocycles. The second-order valence-electron chi connectivity index (χ2n) is 4.67. The average Bonchev–Trinajstić information content (AvgIpc) is 2.29. The molecule has 94 valence electrons. The van der Waals surface area contributed by atoms with E-state index in [1.807, 2.05) is 0 Å². The van der Waals surface area contributed by atoms with Gasteiger partial charge in [0.05, 0.1) is 0 Å². The summed E-state index contributed by atoms with van der Waals surface area (Å²) < 4.78 is 0. The molecule has 0 aromatic carbocycles. The molecule has 1 aliphatic carbocycles. The lowest BCUT2D eigenvalue weighted by molar-refractivity contribution is -0.121. The molecule has 0 radical (unpaired) electrons. The molecule has 0 unspecified atom stereocenters. The van der Waals surface area contributed by atoms with Gasteiger partial charge >= 0.3 is 0 Å². The Labute approximate surface area is 98.3 Å². The van der Waals surface area contributed by atoms with Gasteiger partial charge in [-0.1, -0.05) is 6.92 Å². The fourth-order valence-electron chi connectivity index (χ4n) is 2.07. The van der Waals surface area contributed by atoms with E-state index in [9.17, 15) is 4.79 Å². The first-order valence-electron chi connectivity index (χ1n) is 6.48. The molecule has 1 rings (SSSR count). The quantitative estimate of drug-likeness (QED) is 0.627. The molecule has 1 fully saturated rings. The third-order valence-corrected chi connectivity index (χ3v) is 3.13. The van der Waals surface area contributed by atoms with Crippen molar-refractivity contribution >= 4 is 5.91 Å². The predicted molar refractivity (Wildman–Crippen MR) is 66.2 cm³/mol. The molecule has 0 aromatic heterocycles. The fraction of sp³-hybridized carbons (Fsp3) is 0.917. The van der Waals surface area contributed by atoms with Crippen molar-refractivity contribution in [2.45, 2.75) is 57.5 Å². The molecular weight excluding hydrogens is 202 g/mol. The lowest BCUT2D eigenvalue weighted by Gasteiger charge is -2.26. The first-order valence-corrected chi connectivity index (χ1v) is 6.48. The highest BCUT2D eigenvalue weighted by Crippen LogP contribution is 2.16. The smallest absolute Gasteiger partial charge is 0.221 e. The average molecular weight is 227 g/mol. The van der Waals surface area contributed by atoms with Crippen LogP contribution in [0.25, 0.3) is 0 Å². The maximum absolute atomic E-state index is 11.3. The second kappa shape index (κ2) is 7.63. The van der Waals surface area contributed by atoms with E-state index < -0.39 is 0 Å². The molecule has 0 atom stereocenters. The van der Waals surface area contributed by atoms with Gasteiger partial charge in [-0.15, -0.1) is 0 Å². The number of carbonyl (C=O) groups is 1. The fourth-order valence-corrected chi connectivity index (χ4v) is 2.07.